The zero-order chi connectivity index (χ0) is 13.4. The fourth-order valence-electron chi connectivity index (χ4n) is 2.41. The predicted molar refractivity (Wildman–Crippen MR) is 70.3 cm³/mol. The Hall–Kier alpha value is -2.37. The molecule has 3 heterocycles. The first-order chi connectivity index (χ1) is 9.15. The lowest BCUT2D eigenvalue weighted by Crippen LogP contribution is -2.39. The summed E-state index contributed by atoms with van der Waals surface area (Å²) in [6, 6.07) is 3.52. The number of amides is 2. The number of rotatable bonds is 1. The van der Waals surface area contributed by atoms with Crippen molar-refractivity contribution in [2.24, 2.45) is 5.73 Å². The van der Waals surface area contributed by atoms with E-state index >= 15 is 0 Å². The van der Waals surface area contributed by atoms with Gasteiger partial charge in [0.1, 0.15) is 0 Å². The third kappa shape index (κ3) is 2.05. The molecule has 6 heteroatoms. The SMILES string of the molecule is Cc1cc(-c2n[nH]c3c2CN(C(N)=O)CC3)ccn1. The van der Waals surface area contributed by atoms with Crippen LogP contribution in [0, 0.1) is 6.92 Å². The Kier molecular flexibility index (Phi) is 2.70. The molecule has 0 fully saturated rings. The largest absolute Gasteiger partial charge is 0.351 e. The summed E-state index contributed by atoms with van der Waals surface area (Å²) in [5.41, 5.74) is 10.3. The number of nitrogens with one attached hydrogen (secondary N) is 1. The van der Waals surface area contributed by atoms with E-state index in [1.54, 1.807) is 11.1 Å². The van der Waals surface area contributed by atoms with Crippen LogP contribution in [0.15, 0.2) is 18.3 Å². The number of nitrogens with two attached hydrogens (primary N) is 1. The first-order valence-corrected chi connectivity index (χ1v) is 6.18. The molecule has 0 saturated carbocycles. The summed E-state index contributed by atoms with van der Waals surface area (Å²) < 4.78 is 0. The molecular formula is C13H15N5O. The van der Waals surface area contributed by atoms with Crippen molar-refractivity contribution >= 4 is 6.03 Å². The van der Waals surface area contributed by atoms with E-state index in [9.17, 15) is 4.79 Å². The zero-order valence-electron chi connectivity index (χ0n) is 10.7. The summed E-state index contributed by atoms with van der Waals surface area (Å²) in [6.45, 7) is 3.09. The minimum absolute atomic E-state index is 0.385. The Labute approximate surface area is 110 Å². The van der Waals surface area contributed by atoms with Gasteiger partial charge < -0.3 is 10.6 Å². The van der Waals surface area contributed by atoms with Crippen molar-refractivity contribution in [2.45, 2.75) is 19.9 Å². The summed E-state index contributed by atoms with van der Waals surface area (Å²) in [5.74, 6) is 0. The molecule has 0 radical (unpaired) electrons. The number of hydrogen-bond donors (Lipinski definition) is 2. The maximum Gasteiger partial charge on any atom is 0.315 e. The molecule has 0 saturated heterocycles. The highest BCUT2D eigenvalue weighted by molar-refractivity contribution is 5.73. The van der Waals surface area contributed by atoms with Crippen molar-refractivity contribution in [1.29, 1.82) is 0 Å². The van der Waals surface area contributed by atoms with Gasteiger partial charge in [-0.3, -0.25) is 10.1 Å². The molecule has 2 aromatic rings. The van der Waals surface area contributed by atoms with Crippen LogP contribution >= 0.6 is 0 Å². The Morgan fingerprint density at radius 1 is 1.53 bits per heavy atom. The van der Waals surface area contributed by atoms with Gasteiger partial charge in [0.25, 0.3) is 0 Å². The topological polar surface area (TPSA) is 87.9 Å². The van der Waals surface area contributed by atoms with Crippen molar-refractivity contribution in [3.05, 3.63) is 35.3 Å². The van der Waals surface area contributed by atoms with Gasteiger partial charge in [0.2, 0.25) is 0 Å². The number of primary amides is 1. The molecule has 0 bridgehead atoms. The van der Waals surface area contributed by atoms with E-state index in [-0.39, 0.29) is 6.03 Å². The summed E-state index contributed by atoms with van der Waals surface area (Å²) >= 11 is 0. The molecule has 0 unspecified atom stereocenters. The van der Waals surface area contributed by atoms with Gasteiger partial charge in [-0.1, -0.05) is 0 Å². The number of H-pyrrole nitrogens is 1. The number of carbonyl (C=O) groups excluding carboxylic acids is 1. The number of pyridine rings is 1. The van der Waals surface area contributed by atoms with Crippen LogP contribution in [0.5, 0.6) is 0 Å². The third-order valence-corrected chi connectivity index (χ3v) is 3.42. The Bertz CT molecular complexity index is 634. The molecule has 0 atom stereocenters. The molecule has 6 nitrogen and oxygen atoms in total. The summed E-state index contributed by atoms with van der Waals surface area (Å²) in [7, 11) is 0. The number of aromatic nitrogens is 3. The van der Waals surface area contributed by atoms with Gasteiger partial charge in [0, 0.05) is 41.7 Å². The van der Waals surface area contributed by atoms with E-state index in [2.05, 4.69) is 15.2 Å². The monoisotopic (exact) mass is 257 g/mol. The molecule has 3 N–H and O–H groups in total. The number of aromatic amines is 1. The summed E-state index contributed by atoms with van der Waals surface area (Å²) in [6.07, 6.45) is 2.52. The fraction of sp³-hybridized carbons (Fsp3) is 0.308. The summed E-state index contributed by atoms with van der Waals surface area (Å²) in [4.78, 5) is 17.1. The molecule has 1 aliphatic heterocycles. The van der Waals surface area contributed by atoms with Crippen molar-refractivity contribution < 1.29 is 4.79 Å². The molecule has 2 aromatic heterocycles. The molecule has 0 aromatic carbocycles. The number of fused-ring (bicyclic) bond motifs is 1. The van der Waals surface area contributed by atoms with Gasteiger partial charge in [-0.2, -0.15) is 5.10 Å². The van der Waals surface area contributed by atoms with Crippen LogP contribution in [-0.4, -0.2) is 32.7 Å². The minimum atomic E-state index is -0.385. The first-order valence-electron chi connectivity index (χ1n) is 6.18. The van der Waals surface area contributed by atoms with Crippen LogP contribution in [0.1, 0.15) is 17.0 Å². The highest BCUT2D eigenvalue weighted by atomic mass is 16.2. The maximum atomic E-state index is 11.3. The van der Waals surface area contributed by atoms with Crippen LogP contribution < -0.4 is 5.73 Å². The smallest absolute Gasteiger partial charge is 0.315 e. The number of hydrogen-bond acceptors (Lipinski definition) is 3. The zero-order valence-corrected chi connectivity index (χ0v) is 10.7. The van der Waals surface area contributed by atoms with E-state index in [1.807, 2.05) is 19.1 Å². The second-order valence-electron chi connectivity index (χ2n) is 4.73. The number of aryl methyl sites for hydroxylation is 1. The van der Waals surface area contributed by atoms with Crippen LogP contribution in [0.25, 0.3) is 11.3 Å². The second-order valence-corrected chi connectivity index (χ2v) is 4.73. The Balaban J connectivity index is 2.01. The minimum Gasteiger partial charge on any atom is -0.351 e. The van der Waals surface area contributed by atoms with E-state index in [1.165, 1.54) is 0 Å². The number of urea groups is 1. The van der Waals surface area contributed by atoms with Crippen molar-refractivity contribution in [2.75, 3.05) is 6.54 Å². The predicted octanol–water partition coefficient (Wildman–Crippen LogP) is 1.22. The quantitative estimate of drug-likeness (QED) is 0.805. The fourth-order valence-corrected chi connectivity index (χ4v) is 2.41. The van der Waals surface area contributed by atoms with Crippen molar-refractivity contribution in [3.8, 4) is 11.3 Å². The van der Waals surface area contributed by atoms with Crippen LogP contribution in [0.2, 0.25) is 0 Å². The third-order valence-electron chi connectivity index (χ3n) is 3.42. The molecule has 19 heavy (non-hydrogen) atoms. The normalized spacial score (nSPS) is 14.3. The van der Waals surface area contributed by atoms with E-state index in [0.29, 0.717) is 13.1 Å². The van der Waals surface area contributed by atoms with Gasteiger partial charge in [0.15, 0.2) is 0 Å². The lowest BCUT2D eigenvalue weighted by molar-refractivity contribution is 0.202. The molecule has 0 spiro atoms. The van der Waals surface area contributed by atoms with Gasteiger partial charge in [-0.15, -0.1) is 0 Å². The van der Waals surface area contributed by atoms with E-state index < -0.39 is 0 Å². The number of nitrogens with zero attached hydrogens (tertiary/aromatic N) is 3. The van der Waals surface area contributed by atoms with Gasteiger partial charge in [-0.25, -0.2) is 4.79 Å². The van der Waals surface area contributed by atoms with Crippen molar-refractivity contribution in [3.63, 3.8) is 0 Å². The maximum absolute atomic E-state index is 11.3. The average molecular weight is 257 g/mol. The molecule has 3 rings (SSSR count). The average Bonchev–Trinajstić information content (AvgIpc) is 2.81. The Morgan fingerprint density at radius 3 is 3.11 bits per heavy atom. The molecule has 98 valence electrons. The van der Waals surface area contributed by atoms with Crippen molar-refractivity contribution in [1.82, 2.24) is 20.1 Å². The first kappa shape index (κ1) is 11.7. The highest BCUT2D eigenvalue weighted by Gasteiger charge is 2.24. The Morgan fingerprint density at radius 2 is 2.37 bits per heavy atom. The van der Waals surface area contributed by atoms with Crippen LogP contribution in [0.4, 0.5) is 4.79 Å². The van der Waals surface area contributed by atoms with Crippen LogP contribution in [-0.2, 0) is 13.0 Å². The molecule has 1 aliphatic rings. The molecule has 0 aliphatic carbocycles. The van der Waals surface area contributed by atoms with Crippen LogP contribution in [0.3, 0.4) is 0 Å². The second kappa shape index (κ2) is 4.38. The highest BCUT2D eigenvalue weighted by Crippen LogP contribution is 2.28. The van der Waals surface area contributed by atoms with E-state index in [0.717, 1.165) is 34.6 Å². The lowest BCUT2D eigenvalue weighted by Gasteiger charge is -2.25. The van der Waals surface area contributed by atoms with Gasteiger partial charge in [0.05, 0.1) is 12.2 Å². The summed E-state index contributed by atoms with van der Waals surface area (Å²) in [5, 5.41) is 7.43. The molecule has 2 amide bonds. The molecular weight excluding hydrogens is 242 g/mol. The van der Waals surface area contributed by atoms with E-state index in [4.69, 9.17) is 5.73 Å². The van der Waals surface area contributed by atoms with Gasteiger partial charge in [-0.05, 0) is 19.1 Å². The van der Waals surface area contributed by atoms with Gasteiger partial charge >= 0.3 is 6.03 Å². The number of carbonyl (C=O) groups is 1. The standard InChI is InChI=1S/C13H15N5O/c1-8-6-9(2-4-15-8)12-10-7-18(13(14)19)5-3-11(10)16-17-12/h2,4,6H,3,5,7H2,1H3,(H2,14,19)(H,16,17). The lowest BCUT2D eigenvalue weighted by atomic mass is 10.0.